The van der Waals surface area contributed by atoms with E-state index in [-0.39, 0.29) is 18.7 Å². The Morgan fingerprint density at radius 3 is 2.19 bits per heavy atom. The number of aliphatic hydroxyl groups is 1. The van der Waals surface area contributed by atoms with Gasteiger partial charge in [-0.3, -0.25) is 4.90 Å². The average Bonchev–Trinajstić information content (AvgIpc) is 2.49. The minimum absolute atomic E-state index is 0.0986. The lowest BCUT2D eigenvalue weighted by atomic mass is 9.94. The smallest absolute Gasteiger partial charge is 0.0601 e. The maximum atomic E-state index is 9.74. The quantitative estimate of drug-likeness (QED) is 0.783. The van der Waals surface area contributed by atoms with E-state index in [0.29, 0.717) is 5.92 Å². The van der Waals surface area contributed by atoms with Crippen molar-refractivity contribution in [3.63, 3.8) is 0 Å². The fourth-order valence-corrected chi connectivity index (χ4v) is 4.09. The number of nitrogens with zero attached hydrogens (tertiary/aromatic N) is 2. The SMILES string of the molecule is CC(C)CC(N)C(CO)N1CCC(N2CCCCC2)CC1. The van der Waals surface area contributed by atoms with E-state index >= 15 is 0 Å². The number of hydrogen-bond acceptors (Lipinski definition) is 4. The first-order valence-electron chi connectivity index (χ1n) is 8.96. The molecule has 2 heterocycles. The highest BCUT2D eigenvalue weighted by molar-refractivity contribution is 4.88. The lowest BCUT2D eigenvalue weighted by Crippen LogP contribution is -2.55. The molecule has 0 spiro atoms. The second-order valence-electron chi connectivity index (χ2n) is 7.41. The van der Waals surface area contributed by atoms with Crippen LogP contribution in [0.15, 0.2) is 0 Å². The molecular weight excluding hydrogens is 262 g/mol. The molecule has 2 atom stereocenters. The predicted octanol–water partition coefficient (Wildman–Crippen LogP) is 1.67. The molecule has 0 aromatic carbocycles. The fraction of sp³-hybridized carbons (Fsp3) is 1.00. The minimum atomic E-state index is 0.0986. The summed E-state index contributed by atoms with van der Waals surface area (Å²) in [7, 11) is 0. The largest absolute Gasteiger partial charge is 0.395 e. The first-order chi connectivity index (χ1) is 10.1. The van der Waals surface area contributed by atoms with Crippen molar-refractivity contribution in [2.24, 2.45) is 11.7 Å². The molecule has 124 valence electrons. The summed E-state index contributed by atoms with van der Waals surface area (Å²) >= 11 is 0. The van der Waals surface area contributed by atoms with Crippen LogP contribution in [0.1, 0.15) is 52.4 Å². The maximum absolute atomic E-state index is 9.74. The minimum Gasteiger partial charge on any atom is -0.395 e. The monoisotopic (exact) mass is 297 g/mol. The van der Waals surface area contributed by atoms with Crippen LogP contribution < -0.4 is 5.73 Å². The molecule has 2 unspecified atom stereocenters. The highest BCUT2D eigenvalue weighted by Crippen LogP contribution is 2.23. The third kappa shape index (κ3) is 4.92. The van der Waals surface area contributed by atoms with E-state index < -0.39 is 0 Å². The van der Waals surface area contributed by atoms with E-state index in [9.17, 15) is 5.11 Å². The molecule has 2 aliphatic heterocycles. The Kier molecular flexibility index (Phi) is 6.93. The number of nitrogens with two attached hydrogens (primary N) is 1. The summed E-state index contributed by atoms with van der Waals surface area (Å²) in [5.41, 5.74) is 6.33. The molecule has 4 heteroatoms. The van der Waals surface area contributed by atoms with Crippen molar-refractivity contribution in [2.45, 2.75) is 70.5 Å². The molecule has 4 nitrogen and oxygen atoms in total. The molecule has 21 heavy (non-hydrogen) atoms. The normalized spacial score (nSPS) is 26.1. The Balaban J connectivity index is 1.80. The summed E-state index contributed by atoms with van der Waals surface area (Å²) in [6, 6.07) is 1.01. The second kappa shape index (κ2) is 8.47. The molecular formula is C17H35N3O. The summed E-state index contributed by atoms with van der Waals surface area (Å²) in [6.45, 7) is 9.38. The van der Waals surface area contributed by atoms with Crippen molar-refractivity contribution in [3.05, 3.63) is 0 Å². The molecule has 2 fully saturated rings. The summed E-state index contributed by atoms with van der Waals surface area (Å²) in [6.07, 6.45) is 7.64. The molecule has 2 saturated heterocycles. The predicted molar refractivity (Wildman–Crippen MR) is 88.3 cm³/mol. The van der Waals surface area contributed by atoms with Gasteiger partial charge in [-0.2, -0.15) is 0 Å². The van der Waals surface area contributed by atoms with Crippen LogP contribution in [0.4, 0.5) is 0 Å². The van der Waals surface area contributed by atoms with Crippen LogP contribution in [0.3, 0.4) is 0 Å². The molecule has 0 bridgehead atoms. The number of likely N-dealkylation sites (tertiary alicyclic amines) is 2. The molecule has 0 aromatic rings. The summed E-state index contributed by atoms with van der Waals surface area (Å²) < 4.78 is 0. The van der Waals surface area contributed by atoms with Gasteiger partial charge in [0.05, 0.1) is 6.61 Å². The topological polar surface area (TPSA) is 52.7 Å². The molecule has 2 aliphatic rings. The number of rotatable bonds is 6. The molecule has 0 amide bonds. The lowest BCUT2D eigenvalue weighted by molar-refractivity contribution is 0.0410. The van der Waals surface area contributed by atoms with Crippen LogP contribution in [-0.4, -0.2) is 65.8 Å². The van der Waals surface area contributed by atoms with Gasteiger partial charge in [-0.15, -0.1) is 0 Å². The highest BCUT2D eigenvalue weighted by atomic mass is 16.3. The van der Waals surface area contributed by atoms with Gasteiger partial charge in [0, 0.05) is 31.2 Å². The van der Waals surface area contributed by atoms with E-state index in [2.05, 4.69) is 23.6 Å². The summed E-state index contributed by atoms with van der Waals surface area (Å²) in [5, 5.41) is 9.74. The summed E-state index contributed by atoms with van der Waals surface area (Å²) in [4.78, 5) is 5.14. The van der Waals surface area contributed by atoms with Gasteiger partial charge < -0.3 is 15.7 Å². The zero-order valence-corrected chi connectivity index (χ0v) is 14.0. The van der Waals surface area contributed by atoms with Crippen LogP contribution in [0.25, 0.3) is 0 Å². The van der Waals surface area contributed by atoms with Crippen LogP contribution in [0.2, 0.25) is 0 Å². The van der Waals surface area contributed by atoms with E-state index in [1.165, 1.54) is 45.2 Å². The number of hydrogen-bond donors (Lipinski definition) is 2. The van der Waals surface area contributed by atoms with Gasteiger partial charge in [0.25, 0.3) is 0 Å². The Labute approximate surface area is 130 Å². The Morgan fingerprint density at radius 2 is 1.67 bits per heavy atom. The maximum Gasteiger partial charge on any atom is 0.0601 e. The first-order valence-corrected chi connectivity index (χ1v) is 8.96. The Morgan fingerprint density at radius 1 is 1.05 bits per heavy atom. The molecule has 0 aliphatic carbocycles. The van der Waals surface area contributed by atoms with Crippen LogP contribution in [-0.2, 0) is 0 Å². The number of piperidine rings is 2. The molecule has 3 N–H and O–H groups in total. The van der Waals surface area contributed by atoms with Gasteiger partial charge in [0.15, 0.2) is 0 Å². The standard InChI is InChI=1S/C17H35N3O/c1-14(2)12-16(18)17(13-21)20-10-6-15(7-11-20)19-8-4-3-5-9-19/h14-17,21H,3-13,18H2,1-2H3. The Bertz CT molecular complexity index is 284. The van der Waals surface area contributed by atoms with Gasteiger partial charge in [-0.05, 0) is 51.1 Å². The van der Waals surface area contributed by atoms with Gasteiger partial charge in [-0.25, -0.2) is 0 Å². The van der Waals surface area contributed by atoms with E-state index in [1.54, 1.807) is 0 Å². The van der Waals surface area contributed by atoms with Crippen molar-refractivity contribution < 1.29 is 5.11 Å². The molecule has 0 radical (unpaired) electrons. The average molecular weight is 297 g/mol. The molecule has 0 saturated carbocycles. The third-order valence-electron chi connectivity index (χ3n) is 5.30. The zero-order chi connectivity index (χ0) is 15.2. The van der Waals surface area contributed by atoms with Crippen molar-refractivity contribution in [1.29, 1.82) is 0 Å². The first kappa shape index (κ1) is 17.2. The van der Waals surface area contributed by atoms with E-state index in [4.69, 9.17) is 5.73 Å². The zero-order valence-electron chi connectivity index (χ0n) is 14.0. The third-order valence-corrected chi connectivity index (χ3v) is 5.30. The Hall–Kier alpha value is -0.160. The van der Waals surface area contributed by atoms with Crippen LogP contribution in [0, 0.1) is 5.92 Å². The van der Waals surface area contributed by atoms with Crippen molar-refractivity contribution >= 4 is 0 Å². The lowest BCUT2D eigenvalue weighted by Gasteiger charge is -2.43. The van der Waals surface area contributed by atoms with E-state index in [0.717, 1.165) is 25.6 Å². The molecule has 0 aromatic heterocycles. The fourth-order valence-electron chi connectivity index (χ4n) is 4.09. The van der Waals surface area contributed by atoms with Crippen LogP contribution in [0.5, 0.6) is 0 Å². The number of aliphatic hydroxyl groups excluding tert-OH is 1. The second-order valence-corrected chi connectivity index (χ2v) is 7.41. The van der Waals surface area contributed by atoms with Crippen molar-refractivity contribution in [1.82, 2.24) is 9.80 Å². The van der Waals surface area contributed by atoms with Crippen molar-refractivity contribution in [3.8, 4) is 0 Å². The van der Waals surface area contributed by atoms with Gasteiger partial charge in [-0.1, -0.05) is 20.3 Å². The molecule has 2 rings (SSSR count). The van der Waals surface area contributed by atoms with Gasteiger partial charge in [0.1, 0.15) is 0 Å². The van der Waals surface area contributed by atoms with Crippen molar-refractivity contribution in [2.75, 3.05) is 32.8 Å². The van der Waals surface area contributed by atoms with Gasteiger partial charge >= 0.3 is 0 Å². The van der Waals surface area contributed by atoms with Crippen LogP contribution >= 0.6 is 0 Å². The summed E-state index contributed by atoms with van der Waals surface area (Å²) in [5.74, 6) is 0.597. The van der Waals surface area contributed by atoms with Gasteiger partial charge in [0.2, 0.25) is 0 Å². The van der Waals surface area contributed by atoms with E-state index in [1.807, 2.05) is 0 Å². The highest BCUT2D eigenvalue weighted by Gasteiger charge is 2.31.